The minimum absolute atomic E-state index is 0.110. The smallest absolute Gasteiger partial charge is 0.224 e. The second kappa shape index (κ2) is 4.46. The molecule has 0 radical (unpaired) electrons. The molecule has 21 heavy (non-hydrogen) atoms. The first kappa shape index (κ1) is 14.0. The molecule has 4 saturated carbocycles. The van der Waals surface area contributed by atoms with Crippen LogP contribution in [-0.4, -0.2) is 31.4 Å². The van der Waals surface area contributed by atoms with E-state index in [9.17, 15) is 13.2 Å². The maximum absolute atomic E-state index is 12.8. The van der Waals surface area contributed by atoms with Crippen LogP contribution < -0.4 is 5.32 Å². The van der Waals surface area contributed by atoms with Crippen LogP contribution in [0.1, 0.15) is 45.4 Å². The van der Waals surface area contributed by atoms with E-state index in [1.807, 2.05) is 6.92 Å². The summed E-state index contributed by atoms with van der Waals surface area (Å²) in [6, 6.07) is 0. The van der Waals surface area contributed by atoms with Crippen molar-refractivity contribution in [2.75, 3.05) is 11.5 Å². The van der Waals surface area contributed by atoms with E-state index in [1.165, 1.54) is 32.1 Å². The van der Waals surface area contributed by atoms with Crippen LogP contribution in [0, 0.1) is 29.6 Å². The third-order valence-electron chi connectivity index (χ3n) is 6.46. The number of hydrogen-bond acceptors (Lipinski definition) is 3. The predicted molar refractivity (Wildman–Crippen MR) is 80.4 cm³/mol. The molecule has 4 nitrogen and oxygen atoms in total. The van der Waals surface area contributed by atoms with Gasteiger partial charge >= 0.3 is 0 Å². The Morgan fingerprint density at radius 1 is 1.05 bits per heavy atom. The molecular weight excluding hydrogens is 286 g/mol. The molecule has 0 aromatic heterocycles. The predicted octanol–water partition coefficient (Wildman–Crippen LogP) is 1.75. The van der Waals surface area contributed by atoms with Gasteiger partial charge in [0.25, 0.3) is 0 Å². The average molecular weight is 311 g/mol. The monoisotopic (exact) mass is 311 g/mol. The van der Waals surface area contributed by atoms with Gasteiger partial charge in [-0.1, -0.05) is 0 Å². The van der Waals surface area contributed by atoms with Gasteiger partial charge in [-0.25, -0.2) is 8.42 Å². The Kier molecular flexibility index (Phi) is 2.98. The molecule has 1 amide bonds. The van der Waals surface area contributed by atoms with Crippen molar-refractivity contribution in [1.29, 1.82) is 0 Å². The van der Waals surface area contributed by atoms with Crippen LogP contribution in [0.4, 0.5) is 0 Å². The third kappa shape index (κ3) is 2.41. The van der Waals surface area contributed by atoms with Gasteiger partial charge in [0, 0.05) is 5.92 Å². The van der Waals surface area contributed by atoms with Crippen molar-refractivity contribution in [2.45, 2.75) is 51.0 Å². The molecule has 1 aliphatic heterocycles. The summed E-state index contributed by atoms with van der Waals surface area (Å²) in [5.41, 5.74) is -0.537. The Labute approximate surface area is 127 Å². The van der Waals surface area contributed by atoms with Crippen molar-refractivity contribution in [2.24, 2.45) is 29.6 Å². The molecule has 5 aliphatic rings. The zero-order chi connectivity index (χ0) is 14.8. The molecule has 1 N–H and O–H groups in total. The molecule has 4 bridgehead atoms. The summed E-state index contributed by atoms with van der Waals surface area (Å²) >= 11 is 0. The molecule has 5 fully saturated rings. The summed E-state index contributed by atoms with van der Waals surface area (Å²) in [7, 11) is -2.97. The summed E-state index contributed by atoms with van der Waals surface area (Å²) in [6.07, 6.45) is 6.84. The van der Waals surface area contributed by atoms with E-state index in [0.29, 0.717) is 18.3 Å². The second-order valence-electron chi connectivity index (χ2n) is 8.35. The van der Waals surface area contributed by atoms with E-state index < -0.39 is 15.4 Å². The highest BCUT2D eigenvalue weighted by molar-refractivity contribution is 7.91. The molecule has 1 saturated heterocycles. The Morgan fingerprint density at radius 3 is 2.10 bits per heavy atom. The Balaban J connectivity index is 1.48. The highest BCUT2D eigenvalue weighted by Crippen LogP contribution is 2.56. The SMILES string of the molecule is CC1(NC(=O)C2C3CC4CC(C3)CC2C4)CCS(=O)(=O)C1. The van der Waals surface area contributed by atoms with Crippen LogP contribution in [0.25, 0.3) is 0 Å². The van der Waals surface area contributed by atoms with Gasteiger partial charge in [-0.2, -0.15) is 0 Å². The quantitative estimate of drug-likeness (QED) is 0.845. The van der Waals surface area contributed by atoms with E-state index in [4.69, 9.17) is 0 Å². The maximum Gasteiger partial charge on any atom is 0.224 e. The number of rotatable bonds is 2. The summed E-state index contributed by atoms with van der Waals surface area (Å²) < 4.78 is 23.4. The van der Waals surface area contributed by atoms with E-state index in [0.717, 1.165) is 11.8 Å². The zero-order valence-electron chi connectivity index (χ0n) is 12.7. The highest BCUT2D eigenvalue weighted by Gasteiger charge is 2.52. The Hall–Kier alpha value is -0.580. The van der Waals surface area contributed by atoms with E-state index in [-0.39, 0.29) is 23.3 Å². The topological polar surface area (TPSA) is 63.2 Å². The van der Waals surface area contributed by atoms with Crippen LogP contribution in [0.2, 0.25) is 0 Å². The van der Waals surface area contributed by atoms with Crippen molar-refractivity contribution < 1.29 is 13.2 Å². The van der Waals surface area contributed by atoms with Crippen molar-refractivity contribution in [1.82, 2.24) is 5.32 Å². The number of hydrogen-bond donors (Lipinski definition) is 1. The second-order valence-corrected chi connectivity index (χ2v) is 10.5. The maximum atomic E-state index is 12.8. The van der Waals surface area contributed by atoms with Gasteiger partial charge in [0.15, 0.2) is 9.84 Å². The van der Waals surface area contributed by atoms with Gasteiger partial charge in [0.05, 0.1) is 17.0 Å². The molecular formula is C16H25NO3S. The third-order valence-corrected chi connectivity index (χ3v) is 8.36. The largest absolute Gasteiger partial charge is 0.350 e. The van der Waals surface area contributed by atoms with Crippen molar-refractivity contribution in [3.8, 4) is 0 Å². The summed E-state index contributed by atoms with van der Waals surface area (Å²) in [5, 5.41) is 3.12. The molecule has 1 unspecified atom stereocenters. The average Bonchev–Trinajstić information content (AvgIpc) is 2.61. The van der Waals surface area contributed by atoms with Crippen LogP contribution in [0.15, 0.2) is 0 Å². The number of carbonyl (C=O) groups excluding carboxylic acids is 1. The lowest BCUT2D eigenvalue weighted by Gasteiger charge is -2.54. The van der Waals surface area contributed by atoms with Crippen molar-refractivity contribution >= 4 is 15.7 Å². The van der Waals surface area contributed by atoms with Gasteiger partial charge in [-0.05, 0) is 69.1 Å². The summed E-state index contributed by atoms with van der Waals surface area (Å²) in [5.74, 6) is 3.45. The Morgan fingerprint density at radius 2 is 1.62 bits per heavy atom. The number of nitrogens with one attached hydrogen (secondary N) is 1. The Bertz CT molecular complexity index is 542. The van der Waals surface area contributed by atoms with Gasteiger partial charge in [-0.3, -0.25) is 4.79 Å². The first-order chi connectivity index (χ1) is 9.84. The van der Waals surface area contributed by atoms with E-state index in [1.54, 1.807) is 0 Å². The minimum atomic E-state index is -2.97. The molecule has 118 valence electrons. The molecule has 1 atom stereocenters. The molecule has 0 aromatic carbocycles. The number of carbonyl (C=O) groups is 1. The number of amides is 1. The van der Waals surface area contributed by atoms with Crippen LogP contribution in [-0.2, 0) is 14.6 Å². The summed E-state index contributed by atoms with van der Waals surface area (Å²) in [4.78, 5) is 12.8. The van der Waals surface area contributed by atoms with Gasteiger partial charge in [0.2, 0.25) is 5.91 Å². The molecule has 1 heterocycles. The van der Waals surface area contributed by atoms with Crippen LogP contribution >= 0.6 is 0 Å². The standard InChI is InChI=1S/C16H25NO3S/c1-16(2-3-21(19,20)9-16)17-15(18)14-12-5-10-4-11(7-12)8-13(14)6-10/h10-14H,2-9H2,1H3,(H,17,18). The van der Waals surface area contributed by atoms with Gasteiger partial charge in [-0.15, -0.1) is 0 Å². The summed E-state index contributed by atoms with van der Waals surface area (Å²) in [6.45, 7) is 1.89. The van der Waals surface area contributed by atoms with Crippen LogP contribution in [0.5, 0.6) is 0 Å². The van der Waals surface area contributed by atoms with E-state index >= 15 is 0 Å². The fourth-order valence-corrected chi connectivity index (χ4v) is 7.94. The molecule has 5 heteroatoms. The van der Waals surface area contributed by atoms with Crippen molar-refractivity contribution in [3.63, 3.8) is 0 Å². The lowest BCUT2D eigenvalue weighted by atomic mass is 9.51. The van der Waals surface area contributed by atoms with Gasteiger partial charge < -0.3 is 5.32 Å². The van der Waals surface area contributed by atoms with Crippen LogP contribution in [0.3, 0.4) is 0 Å². The molecule has 0 spiro atoms. The minimum Gasteiger partial charge on any atom is -0.350 e. The van der Waals surface area contributed by atoms with Crippen molar-refractivity contribution in [3.05, 3.63) is 0 Å². The van der Waals surface area contributed by atoms with Gasteiger partial charge in [0.1, 0.15) is 0 Å². The lowest BCUT2D eigenvalue weighted by Crippen LogP contribution is -2.56. The highest BCUT2D eigenvalue weighted by atomic mass is 32.2. The number of sulfone groups is 1. The first-order valence-corrected chi connectivity index (χ1v) is 10.2. The fourth-order valence-electron chi connectivity index (χ4n) is 5.84. The molecule has 5 rings (SSSR count). The molecule has 0 aromatic rings. The van der Waals surface area contributed by atoms with E-state index in [2.05, 4.69) is 5.32 Å². The zero-order valence-corrected chi connectivity index (χ0v) is 13.5. The first-order valence-electron chi connectivity index (χ1n) is 8.36. The lowest BCUT2D eigenvalue weighted by molar-refractivity contribution is -0.139. The fraction of sp³-hybridized carbons (Fsp3) is 0.938. The molecule has 4 aliphatic carbocycles. The normalized spacial score (nSPS) is 50.2.